The van der Waals surface area contributed by atoms with E-state index in [0.717, 1.165) is 69.2 Å². The number of benzene rings is 1. The van der Waals surface area contributed by atoms with Crippen LogP contribution >= 0.6 is 0 Å². The second kappa shape index (κ2) is 13.8. The molecule has 3 heterocycles. The largest absolute Gasteiger partial charge is 0.401 e. The number of rotatable bonds is 6. The number of pyridine rings is 1. The lowest BCUT2D eigenvalue weighted by atomic mass is 9.94. The molecule has 3 N–H and O–H groups in total. The first-order valence-corrected chi connectivity index (χ1v) is 14.9. The van der Waals surface area contributed by atoms with Gasteiger partial charge in [0.1, 0.15) is 5.82 Å². The predicted molar refractivity (Wildman–Crippen MR) is 154 cm³/mol. The summed E-state index contributed by atoms with van der Waals surface area (Å²) in [5.74, 6) is 0.503. The molecule has 1 amide bonds. The molecular formula is C31H44F3N5O. The van der Waals surface area contributed by atoms with Crippen LogP contribution in [-0.2, 0) is 0 Å². The molecule has 2 aliphatic heterocycles. The number of anilines is 1. The standard InChI is InChI=1S/C29H38F3N5O.C2H6/c30-29(31,32)19-36-13-11-25(12-14-36)37-15-10-22(18-37)20-6-8-21(9-7-20)23-16-26(27(33)34-17-23)28(38)35-24-4-2-1-3-5-24;1-2/h6-9,16-17,22,24-25H,1-5,10-15,18-19H2,(H2,33,34)(H,35,38);1-2H3. The van der Waals surface area contributed by atoms with E-state index < -0.39 is 12.7 Å². The Morgan fingerprint density at radius 3 is 2.30 bits per heavy atom. The molecule has 1 aliphatic carbocycles. The molecule has 0 radical (unpaired) electrons. The van der Waals surface area contributed by atoms with Gasteiger partial charge in [-0.1, -0.05) is 57.4 Å². The van der Waals surface area contributed by atoms with Crippen LogP contribution in [0.5, 0.6) is 0 Å². The number of piperidine rings is 1. The molecule has 1 saturated carbocycles. The van der Waals surface area contributed by atoms with E-state index >= 15 is 0 Å². The summed E-state index contributed by atoms with van der Waals surface area (Å²) in [7, 11) is 0. The zero-order valence-electron chi connectivity index (χ0n) is 23.8. The van der Waals surface area contributed by atoms with Crippen molar-refractivity contribution in [1.82, 2.24) is 20.1 Å². The highest BCUT2D eigenvalue weighted by Crippen LogP contribution is 2.33. The van der Waals surface area contributed by atoms with Gasteiger partial charge in [-0.3, -0.25) is 14.6 Å². The van der Waals surface area contributed by atoms with Crippen LogP contribution in [-0.4, -0.2) is 71.7 Å². The number of hydrogen-bond acceptors (Lipinski definition) is 5. The summed E-state index contributed by atoms with van der Waals surface area (Å²) >= 11 is 0. The summed E-state index contributed by atoms with van der Waals surface area (Å²) < 4.78 is 38.1. The van der Waals surface area contributed by atoms with Crippen molar-refractivity contribution >= 4 is 11.7 Å². The Bertz CT molecular complexity index is 1090. The van der Waals surface area contributed by atoms with Crippen molar-refractivity contribution in [2.45, 2.75) is 89.4 Å². The Hall–Kier alpha value is -2.65. The average Bonchev–Trinajstić information content (AvgIpc) is 3.45. The fourth-order valence-corrected chi connectivity index (χ4v) is 6.36. The van der Waals surface area contributed by atoms with E-state index in [-0.39, 0.29) is 17.8 Å². The first kappa shape index (κ1) is 30.3. The number of hydrogen-bond donors (Lipinski definition) is 2. The number of likely N-dealkylation sites (tertiary alicyclic amines) is 2. The van der Waals surface area contributed by atoms with Crippen molar-refractivity contribution in [3.63, 3.8) is 0 Å². The first-order valence-electron chi connectivity index (χ1n) is 14.9. The molecule has 2 aromatic rings. The number of aromatic nitrogens is 1. The van der Waals surface area contributed by atoms with E-state index in [1.54, 1.807) is 6.20 Å². The fraction of sp³-hybridized carbons (Fsp3) is 0.613. The van der Waals surface area contributed by atoms with Crippen LogP contribution in [0.1, 0.15) is 87.1 Å². The molecule has 1 aromatic carbocycles. The maximum Gasteiger partial charge on any atom is 0.401 e. The summed E-state index contributed by atoms with van der Waals surface area (Å²) in [6.45, 7) is 6.15. The van der Waals surface area contributed by atoms with Gasteiger partial charge in [-0.05, 0) is 74.8 Å². The van der Waals surface area contributed by atoms with E-state index in [1.807, 2.05) is 19.9 Å². The molecule has 1 unspecified atom stereocenters. The monoisotopic (exact) mass is 559 g/mol. The molecule has 5 rings (SSSR count). The van der Waals surface area contributed by atoms with Crippen LogP contribution < -0.4 is 11.1 Å². The van der Waals surface area contributed by atoms with Crippen molar-refractivity contribution in [3.05, 3.63) is 47.7 Å². The van der Waals surface area contributed by atoms with Gasteiger partial charge in [0, 0.05) is 30.4 Å². The molecular weight excluding hydrogens is 515 g/mol. The molecule has 3 fully saturated rings. The number of nitrogens with zero attached hydrogens (tertiary/aromatic N) is 3. The third-order valence-electron chi connectivity index (χ3n) is 8.52. The van der Waals surface area contributed by atoms with Gasteiger partial charge in [-0.25, -0.2) is 4.98 Å². The number of halogens is 3. The van der Waals surface area contributed by atoms with Gasteiger partial charge < -0.3 is 11.1 Å². The van der Waals surface area contributed by atoms with Crippen molar-refractivity contribution < 1.29 is 18.0 Å². The smallest absolute Gasteiger partial charge is 0.383 e. The van der Waals surface area contributed by atoms with E-state index in [2.05, 4.69) is 39.5 Å². The van der Waals surface area contributed by atoms with Gasteiger partial charge in [0.05, 0.1) is 12.1 Å². The van der Waals surface area contributed by atoms with Crippen LogP contribution in [0.2, 0.25) is 0 Å². The molecule has 1 atom stereocenters. The lowest BCUT2D eigenvalue weighted by Crippen LogP contribution is -2.46. The van der Waals surface area contributed by atoms with Crippen molar-refractivity contribution in [3.8, 4) is 11.1 Å². The average molecular weight is 560 g/mol. The number of nitrogens with two attached hydrogens (primary N) is 1. The van der Waals surface area contributed by atoms with E-state index in [1.165, 1.54) is 16.9 Å². The highest BCUT2D eigenvalue weighted by atomic mass is 19.4. The third-order valence-corrected chi connectivity index (χ3v) is 8.52. The first-order chi connectivity index (χ1) is 19.2. The molecule has 0 bridgehead atoms. The summed E-state index contributed by atoms with van der Waals surface area (Å²) in [6, 6.07) is 10.8. The van der Waals surface area contributed by atoms with Gasteiger partial charge in [0.25, 0.3) is 5.91 Å². The van der Waals surface area contributed by atoms with Gasteiger partial charge in [0.15, 0.2) is 0 Å². The lowest BCUT2D eigenvalue weighted by molar-refractivity contribution is -0.148. The number of carbonyl (C=O) groups excluding carboxylic acids is 1. The second-order valence-electron chi connectivity index (χ2n) is 11.2. The highest BCUT2D eigenvalue weighted by Gasteiger charge is 2.35. The molecule has 9 heteroatoms. The molecule has 1 aromatic heterocycles. The minimum atomic E-state index is -4.12. The van der Waals surface area contributed by atoms with Gasteiger partial charge >= 0.3 is 6.18 Å². The zero-order chi connectivity index (χ0) is 28.7. The highest BCUT2D eigenvalue weighted by molar-refractivity contribution is 5.99. The molecule has 220 valence electrons. The van der Waals surface area contributed by atoms with Crippen LogP contribution in [0, 0.1) is 0 Å². The normalized spacial score (nSPS) is 21.6. The minimum Gasteiger partial charge on any atom is -0.383 e. The van der Waals surface area contributed by atoms with Crippen LogP contribution in [0.15, 0.2) is 36.5 Å². The van der Waals surface area contributed by atoms with Gasteiger partial charge in [-0.2, -0.15) is 13.2 Å². The van der Waals surface area contributed by atoms with E-state index in [4.69, 9.17) is 5.73 Å². The van der Waals surface area contributed by atoms with Gasteiger partial charge in [-0.15, -0.1) is 0 Å². The molecule has 6 nitrogen and oxygen atoms in total. The van der Waals surface area contributed by atoms with E-state index in [9.17, 15) is 18.0 Å². The molecule has 3 aliphatic rings. The predicted octanol–water partition coefficient (Wildman–Crippen LogP) is 6.24. The summed E-state index contributed by atoms with van der Waals surface area (Å²) in [5.41, 5.74) is 9.59. The third kappa shape index (κ3) is 7.97. The Labute approximate surface area is 236 Å². The molecule has 40 heavy (non-hydrogen) atoms. The Morgan fingerprint density at radius 2 is 1.65 bits per heavy atom. The van der Waals surface area contributed by atoms with Crippen molar-refractivity contribution in [1.29, 1.82) is 0 Å². The van der Waals surface area contributed by atoms with Crippen LogP contribution in [0.25, 0.3) is 11.1 Å². The van der Waals surface area contributed by atoms with E-state index in [0.29, 0.717) is 30.6 Å². The minimum absolute atomic E-state index is 0.157. The molecule has 2 saturated heterocycles. The summed E-state index contributed by atoms with van der Waals surface area (Å²) in [6.07, 6.45) is 5.77. The second-order valence-corrected chi connectivity index (χ2v) is 11.2. The topological polar surface area (TPSA) is 74.5 Å². The zero-order valence-corrected chi connectivity index (χ0v) is 23.8. The van der Waals surface area contributed by atoms with Crippen molar-refractivity contribution in [2.75, 3.05) is 38.5 Å². The lowest BCUT2D eigenvalue weighted by Gasteiger charge is -2.37. The SMILES string of the molecule is CC.Nc1ncc(-c2ccc(C3CCN(C4CCN(CC(F)(F)F)CC4)C3)cc2)cc1C(=O)NC1CCCCC1. The fourth-order valence-electron chi connectivity index (χ4n) is 6.36. The number of nitrogens with one attached hydrogen (secondary N) is 1. The Kier molecular flexibility index (Phi) is 10.5. The van der Waals surface area contributed by atoms with Crippen LogP contribution in [0.3, 0.4) is 0 Å². The molecule has 0 spiro atoms. The Balaban J connectivity index is 0.00000181. The maximum atomic E-state index is 12.9. The summed E-state index contributed by atoms with van der Waals surface area (Å²) in [5, 5.41) is 3.13. The number of nitrogen functional groups attached to an aromatic ring is 1. The maximum absolute atomic E-state index is 12.9. The Morgan fingerprint density at radius 1 is 0.975 bits per heavy atom. The summed E-state index contributed by atoms with van der Waals surface area (Å²) in [4.78, 5) is 21.2. The van der Waals surface area contributed by atoms with Gasteiger partial charge in [0.2, 0.25) is 0 Å². The number of amides is 1. The number of alkyl halides is 3. The van der Waals surface area contributed by atoms with Crippen LogP contribution in [0.4, 0.5) is 19.0 Å². The quantitative estimate of drug-likeness (QED) is 0.439. The van der Waals surface area contributed by atoms with Crippen molar-refractivity contribution in [2.24, 2.45) is 0 Å². The number of carbonyl (C=O) groups is 1.